The molecule has 0 radical (unpaired) electrons. The van der Waals surface area contributed by atoms with Gasteiger partial charge in [0.05, 0.1) is 20.3 Å². The molecule has 0 fully saturated rings. The summed E-state index contributed by atoms with van der Waals surface area (Å²) in [5.41, 5.74) is 0.287. The van der Waals surface area contributed by atoms with Crippen LogP contribution in [0.25, 0.3) is 0 Å². The molecule has 1 aromatic rings. The Kier molecular flexibility index (Phi) is 9.47. The van der Waals surface area contributed by atoms with E-state index in [9.17, 15) is 9.59 Å². The predicted molar refractivity (Wildman–Crippen MR) is 89.5 cm³/mol. The summed E-state index contributed by atoms with van der Waals surface area (Å²) in [5, 5.41) is 2.38. The second kappa shape index (κ2) is 11.1. The molecule has 0 N–H and O–H groups in total. The van der Waals surface area contributed by atoms with Crippen molar-refractivity contribution in [2.45, 2.75) is 45.6 Å². The van der Waals surface area contributed by atoms with Crippen LogP contribution in [-0.2, 0) is 20.8 Å². The maximum Gasteiger partial charge on any atom is 0.357 e. The molecule has 1 heterocycles. The fourth-order valence-corrected chi connectivity index (χ4v) is 2.88. The van der Waals surface area contributed by atoms with Gasteiger partial charge in [0.2, 0.25) is 5.91 Å². The maximum atomic E-state index is 12.4. The van der Waals surface area contributed by atoms with Crippen LogP contribution in [0.2, 0.25) is 0 Å². The highest BCUT2D eigenvalue weighted by molar-refractivity contribution is 7.09. The van der Waals surface area contributed by atoms with E-state index in [-0.39, 0.29) is 11.6 Å². The zero-order chi connectivity index (χ0) is 17.1. The summed E-state index contributed by atoms with van der Waals surface area (Å²) in [6.07, 6.45) is 4.82. The predicted octanol–water partition coefficient (Wildman–Crippen LogP) is 2.88. The molecule has 0 aliphatic rings. The lowest BCUT2D eigenvalue weighted by Gasteiger charge is -2.21. The van der Waals surface area contributed by atoms with Crippen molar-refractivity contribution in [3.63, 3.8) is 0 Å². The van der Waals surface area contributed by atoms with Gasteiger partial charge in [-0.25, -0.2) is 9.78 Å². The fraction of sp³-hybridized carbons (Fsp3) is 0.688. The normalized spacial score (nSPS) is 10.6. The van der Waals surface area contributed by atoms with Crippen LogP contribution in [0.5, 0.6) is 0 Å². The van der Waals surface area contributed by atoms with Gasteiger partial charge in [-0.15, -0.1) is 11.3 Å². The first-order valence-electron chi connectivity index (χ1n) is 7.91. The van der Waals surface area contributed by atoms with Gasteiger partial charge in [0.1, 0.15) is 5.01 Å². The molecule has 0 aliphatic carbocycles. The molecule has 0 bridgehead atoms. The Bertz CT molecular complexity index is 490. The first-order chi connectivity index (χ1) is 11.1. The van der Waals surface area contributed by atoms with E-state index < -0.39 is 5.97 Å². The second-order valence-electron chi connectivity index (χ2n) is 5.24. The number of methoxy groups -OCH3 is 2. The number of ether oxygens (including phenoxy) is 2. The molecule has 130 valence electrons. The fourth-order valence-electron chi connectivity index (χ4n) is 2.10. The number of aromatic nitrogens is 1. The van der Waals surface area contributed by atoms with Gasteiger partial charge >= 0.3 is 5.97 Å². The number of thiazole rings is 1. The van der Waals surface area contributed by atoms with Crippen molar-refractivity contribution in [3.8, 4) is 0 Å². The van der Waals surface area contributed by atoms with Crippen molar-refractivity contribution in [1.82, 2.24) is 9.88 Å². The Morgan fingerprint density at radius 1 is 1.26 bits per heavy atom. The molecular weight excluding hydrogens is 316 g/mol. The summed E-state index contributed by atoms with van der Waals surface area (Å²) in [5.74, 6) is -0.352. The zero-order valence-corrected chi connectivity index (χ0v) is 15.0. The molecule has 7 heteroatoms. The smallest absolute Gasteiger partial charge is 0.357 e. The van der Waals surface area contributed by atoms with Crippen LogP contribution in [-0.4, -0.2) is 49.1 Å². The van der Waals surface area contributed by atoms with Crippen molar-refractivity contribution in [3.05, 3.63) is 16.1 Å². The largest absolute Gasteiger partial charge is 0.464 e. The van der Waals surface area contributed by atoms with Crippen molar-refractivity contribution in [2.24, 2.45) is 0 Å². The lowest BCUT2D eigenvalue weighted by atomic mass is 10.1. The molecule has 23 heavy (non-hydrogen) atoms. The first-order valence-corrected chi connectivity index (χ1v) is 8.79. The number of unbranched alkanes of at least 4 members (excludes halogenated alkanes) is 3. The number of hydrogen-bond acceptors (Lipinski definition) is 6. The standard InChI is InChI=1S/C16H26N2O4S/c1-4-5-6-7-8-15(19)18(9-10-21-2)11-14-17-13(12-23-14)16(20)22-3/h12H,4-11H2,1-3H3. The van der Waals surface area contributed by atoms with E-state index in [1.807, 2.05) is 0 Å². The van der Waals surface area contributed by atoms with E-state index in [1.54, 1.807) is 17.4 Å². The van der Waals surface area contributed by atoms with Gasteiger partial charge in [-0.2, -0.15) is 0 Å². The second-order valence-corrected chi connectivity index (χ2v) is 6.18. The SMILES string of the molecule is CCCCCCC(=O)N(CCOC)Cc1nc(C(=O)OC)cs1. The molecule has 1 rings (SSSR count). The average molecular weight is 342 g/mol. The molecule has 1 amide bonds. The van der Waals surface area contributed by atoms with Gasteiger partial charge in [-0.05, 0) is 6.42 Å². The van der Waals surface area contributed by atoms with Crippen LogP contribution < -0.4 is 0 Å². The number of esters is 1. The summed E-state index contributed by atoms with van der Waals surface area (Å²) in [6.45, 7) is 3.55. The quantitative estimate of drug-likeness (QED) is 0.457. The van der Waals surface area contributed by atoms with E-state index >= 15 is 0 Å². The van der Waals surface area contributed by atoms with Gasteiger partial charge < -0.3 is 14.4 Å². The van der Waals surface area contributed by atoms with Crippen LogP contribution in [0, 0.1) is 0 Å². The molecule has 0 atom stereocenters. The van der Waals surface area contributed by atoms with E-state index in [1.165, 1.54) is 18.4 Å². The van der Waals surface area contributed by atoms with E-state index in [2.05, 4.69) is 16.6 Å². The Hall–Kier alpha value is -1.47. The summed E-state index contributed by atoms with van der Waals surface area (Å²) >= 11 is 1.36. The third kappa shape index (κ3) is 7.09. The molecule has 0 saturated carbocycles. The Balaban J connectivity index is 2.60. The maximum absolute atomic E-state index is 12.4. The molecule has 6 nitrogen and oxygen atoms in total. The average Bonchev–Trinajstić information content (AvgIpc) is 3.03. The molecule has 0 spiro atoms. The number of carbonyl (C=O) groups is 2. The van der Waals surface area contributed by atoms with Gasteiger partial charge in [0.15, 0.2) is 5.69 Å². The Morgan fingerprint density at radius 2 is 2.04 bits per heavy atom. The molecule has 0 saturated heterocycles. The highest BCUT2D eigenvalue weighted by Crippen LogP contribution is 2.15. The minimum atomic E-state index is -0.457. The summed E-state index contributed by atoms with van der Waals surface area (Å²) in [4.78, 5) is 29.8. The number of hydrogen-bond donors (Lipinski definition) is 0. The highest BCUT2D eigenvalue weighted by atomic mass is 32.1. The lowest BCUT2D eigenvalue weighted by Crippen LogP contribution is -2.33. The number of amides is 1. The zero-order valence-electron chi connectivity index (χ0n) is 14.2. The van der Waals surface area contributed by atoms with E-state index in [0.717, 1.165) is 30.7 Å². The van der Waals surface area contributed by atoms with Crippen molar-refractivity contribution in [2.75, 3.05) is 27.4 Å². The Labute approximate surface area is 141 Å². The molecule has 0 aromatic carbocycles. The monoisotopic (exact) mass is 342 g/mol. The lowest BCUT2D eigenvalue weighted by molar-refractivity contribution is -0.132. The number of carbonyl (C=O) groups excluding carboxylic acids is 2. The summed E-state index contributed by atoms with van der Waals surface area (Å²) in [6, 6.07) is 0. The van der Waals surface area contributed by atoms with Crippen LogP contribution in [0.3, 0.4) is 0 Å². The third-order valence-corrected chi connectivity index (χ3v) is 4.27. The topological polar surface area (TPSA) is 68.7 Å². The molecular formula is C16H26N2O4S. The van der Waals surface area contributed by atoms with Crippen LogP contribution >= 0.6 is 11.3 Å². The van der Waals surface area contributed by atoms with Crippen molar-refractivity contribution >= 4 is 23.2 Å². The number of rotatable bonds is 11. The minimum absolute atomic E-state index is 0.105. The third-order valence-electron chi connectivity index (χ3n) is 3.43. The molecule has 0 aliphatic heterocycles. The van der Waals surface area contributed by atoms with Gasteiger partial charge in [-0.1, -0.05) is 26.2 Å². The summed E-state index contributed by atoms with van der Waals surface area (Å²) < 4.78 is 9.73. The van der Waals surface area contributed by atoms with E-state index in [4.69, 9.17) is 4.74 Å². The minimum Gasteiger partial charge on any atom is -0.464 e. The van der Waals surface area contributed by atoms with Crippen LogP contribution in [0.4, 0.5) is 0 Å². The molecule has 0 unspecified atom stereocenters. The van der Waals surface area contributed by atoms with Crippen molar-refractivity contribution in [1.29, 1.82) is 0 Å². The van der Waals surface area contributed by atoms with Crippen LogP contribution in [0.15, 0.2) is 5.38 Å². The highest BCUT2D eigenvalue weighted by Gasteiger charge is 2.17. The van der Waals surface area contributed by atoms with Gasteiger partial charge in [0, 0.05) is 25.5 Å². The first kappa shape index (κ1) is 19.6. The van der Waals surface area contributed by atoms with Gasteiger partial charge in [0.25, 0.3) is 0 Å². The number of nitrogens with zero attached hydrogens (tertiary/aromatic N) is 2. The van der Waals surface area contributed by atoms with E-state index in [0.29, 0.717) is 26.1 Å². The van der Waals surface area contributed by atoms with Crippen LogP contribution in [0.1, 0.15) is 54.5 Å². The Morgan fingerprint density at radius 3 is 2.70 bits per heavy atom. The van der Waals surface area contributed by atoms with Gasteiger partial charge in [-0.3, -0.25) is 4.79 Å². The van der Waals surface area contributed by atoms with Crippen molar-refractivity contribution < 1.29 is 19.1 Å². The summed E-state index contributed by atoms with van der Waals surface area (Å²) in [7, 11) is 2.94. The molecule has 1 aromatic heterocycles.